The second-order valence-corrected chi connectivity index (χ2v) is 3.93. The van der Waals surface area contributed by atoms with Crippen LogP contribution in [0.25, 0.3) is 0 Å². The average Bonchev–Trinajstić information content (AvgIpc) is 2.63. The minimum atomic E-state index is -0.344. The Kier molecular flexibility index (Phi) is 3.26. The number of halogens is 2. The van der Waals surface area contributed by atoms with Crippen molar-refractivity contribution in [2.45, 2.75) is 0 Å². The standard InChI is InChI=1S/C9H7Cl2N5O/c1-16-4-5(3-12-16)8(17)14-7-2-6(10)13-9(11)15-7/h2-4H,1H3,(H,13,14,15,17). The minimum absolute atomic E-state index is 0.0287. The van der Waals surface area contributed by atoms with Gasteiger partial charge in [-0.1, -0.05) is 11.6 Å². The van der Waals surface area contributed by atoms with E-state index in [0.29, 0.717) is 5.56 Å². The summed E-state index contributed by atoms with van der Waals surface area (Å²) in [5.74, 6) is -0.104. The quantitative estimate of drug-likeness (QED) is 0.668. The van der Waals surface area contributed by atoms with E-state index in [1.807, 2.05) is 0 Å². The first-order chi connectivity index (χ1) is 8.04. The fourth-order valence-electron chi connectivity index (χ4n) is 1.18. The summed E-state index contributed by atoms with van der Waals surface area (Å²) in [6.45, 7) is 0. The second-order valence-electron chi connectivity index (χ2n) is 3.20. The molecule has 1 N–H and O–H groups in total. The van der Waals surface area contributed by atoms with Crippen molar-refractivity contribution in [3.63, 3.8) is 0 Å². The van der Waals surface area contributed by atoms with E-state index < -0.39 is 0 Å². The molecule has 8 heteroatoms. The molecule has 6 nitrogen and oxygen atoms in total. The Labute approximate surface area is 107 Å². The summed E-state index contributed by atoms with van der Waals surface area (Å²) in [4.78, 5) is 19.2. The number of nitrogens with zero attached hydrogens (tertiary/aromatic N) is 4. The number of carbonyl (C=O) groups excluding carboxylic acids is 1. The van der Waals surface area contributed by atoms with E-state index in [-0.39, 0.29) is 22.2 Å². The maximum absolute atomic E-state index is 11.7. The first kappa shape index (κ1) is 11.8. The molecule has 0 radical (unpaired) electrons. The van der Waals surface area contributed by atoms with Gasteiger partial charge >= 0.3 is 0 Å². The summed E-state index contributed by atoms with van der Waals surface area (Å²) in [7, 11) is 1.72. The normalized spacial score (nSPS) is 10.3. The van der Waals surface area contributed by atoms with Crippen molar-refractivity contribution in [2.24, 2.45) is 7.05 Å². The number of hydrogen-bond donors (Lipinski definition) is 1. The van der Waals surface area contributed by atoms with E-state index in [4.69, 9.17) is 23.2 Å². The number of aromatic nitrogens is 4. The third-order valence-corrected chi connectivity index (χ3v) is 2.24. The number of carbonyl (C=O) groups is 1. The Bertz CT molecular complexity index is 548. The summed E-state index contributed by atoms with van der Waals surface area (Å²) in [6, 6.07) is 1.40. The Morgan fingerprint density at radius 2 is 2.18 bits per heavy atom. The van der Waals surface area contributed by atoms with Crippen molar-refractivity contribution in [2.75, 3.05) is 5.32 Å². The van der Waals surface area contributed by atoms with Crippen LogP contribution in [0.1, 0.15) is 10.4 Å². The van der Waals surface area contributed by atoms with Crippen LogP contribution in [0.4, 0.5) is 5.82 Å². The van der Waals surface area contributed by atoms with Gasteiger partial charge in [-0.3, -0.25) is 9.48 Å². The molecule has 0 bridgehead atoms. The molecule has 0 fully saturated rings. The maximum Gasteiger partial charge on any atom is 0.260 e. The molecular formula is C9H7Cl2N5O. The number of amides is 1. The molecule has 0 unspecified atom stereocenters. The van der Waals surface area contributed by atoms with Crippen LogP contribution < -0.4 is 5.32 Å². The third kappa shape index (κ3) is 2.92. The van der Waals surface area contributed by atoms with Gasteiger partial charge in [0.15, 0.2) is 0 Å². The second kappa shape index (κ2) is 4.68. The van der Waals surface area contributed by atoms with Crippen molar-refractivity contribution in [1.82, 2.24) is 19.7 Å². The monoisotopic (exact) mass is 271 g/mol. The molecule has 0 saturated carbocycles. The number of anilines is 1. The van der Waals surface area contributed by atoms with Crippen molar-refractivity contribution in [3.05, 3.63) is 34.5 Å². The first-order valence-electron chi connectivity index (χ1n) is 4.54. The predicted molar refractivity (Wildman–Crippen MR) is 63.2 cm³/mol. The van der Waals surface area contributed by atoms with Crippen LogP contribution in [0.15, 0.2) is 18.5 Å². The molecule has 1 amide bonds. The van der Waals surface area contributed by atoms with E-state index >= 15 is 0 Å². The number of hydrogen-bond acceptors (Lipinski definition) is 4. The van der Waals surface area contributed by atoms with Crippen LogP contribution in [0.5, 0.6) is 0 Å². The summed E-state index contributed by atoms with van der Waals surface area (Å²) in [5.41, 5.74) is 0.415. The largest absolute Gasteiger partial charge is 0.306 e. The maximum atomic E-state index is 11.7. The zero-order valence-electron chi connectivity index (χ0n) is 8.69. The fourth-order valence-corrected chi connectivity index (χ4v) is 1.59. The van der Waals surface area contributed by atoms with Crippen molar-refractivity contribution >= 4 is 34.9 Å². The highest BCUT2D eigenvalue weighted by Crippen LogP contribution is 2.15. The highest BCUT2D eigenvalue weighted by Gasteiger charge is 2.10. The SMILES string of the molecule is Cn1cc(C(=O)Nc2cc(Cl)nc(Cl)n2)cn1. The van der Waals surface area contributed by atoms with Gasteiger partial charge in [0.1, 0.15) is 11.0 Å². The van der Waals surface area contributed by atoms with Crippen LogP contribution in [-0.4, -0.2) is 25.7 Å². The number of rotatable bonds is 2. The molecule has 2 heterocycles. The summed E-state index contributed by atoms with van der Waals surface area (Å²) < 4.78 is 1.52. The van der Waals surface area contributed by atoms with Crippen molar-refractivity contribution in [1.29, 1.82) is 0 Å². The average molecular weight is 272 g/mol. The van der Waals surface area contributed by atoms with Crippen LogP contribution in [0.3, 0.4) is 0 Å². The summed E-state index contributed by atoms with van der Waals surface area (Å²) in [5, 5.41) is 6.56. The lowest BCUT2D eigenvalue weighted by atomic mass is 10.3. The smallest absolute Gasteiger partial charge is 0.260 e. The highest BCUT2D eigenvalue weighted by atomic mass is 35.5. The van der Waals surface area contributed by atoms with Gasteiger partial charge in [0.05, 0.1) is 11.8 Å². The number of nitrogens with one attached hydrogen (secondary N) is 1. The molecule has 2 aromatic rings. The van der Waals surface area contributed by atoms with Gasteiger partial charge in [0.25, 0.3) is 5.91 Å². The molecule has 2 rings (SSSR count). The lowest BCUT2D eigenvalue weighted by molar-refractivity contribution is 0.102. The van der Waals surface area contributed by atoms with Crippen molar-refractivity contribution in [3.8, 4) is 0 Å². The van der Waals surface area contributed by atoms with Gasteiger partial charge in [0.2, 0.25) is 5.28 Å². The molecule has 2 aromatic heterocycles. The molecule has 0 aliphatic carbocycles. The van der Waals surface area contributed by atoms with E-state index in [1.165, 1.54) is 16.9 Å². The van der Waals surface area contributed by atoms with E-state index in [9.17, 15) is 4.79 Å². The molecule has 0 aromatic carbocycles. The summed E-state index contributed by atoms with van der Waals surface area (Å²) in [6.07, 6.45) is 3.03. The van der Waals surface area contributed by atoms with Gasteiger partial charge in [-0.25, -0.2) is 9.97 Å². The Morgan fingerprint density at radius 1 is 1.41 bits per heavy atom. The van der Waals surface area contributed by atoms with Crippen molar-refractivity contribution < 1.29 is 4.79 Å². The number of aryl methyl sites for hydroxylation is 1. The topological polar surface area (TPSA) is 72.7 Å². The minimum Gasteiger partial charge on any atom is -0.306 e. The molecular weight excluding hydrogens is 265 g/mol. The molecule has 0 atom stereocenters. The van der Waals surface area contributed by atoms with Crippen LogP contribution >= 0.6 is 23.2 Å². The Balaban J connectivity index is 2.18. The molecule has 0 spiro atoms. The Morgan fingerprint density at radius 3 is 2.76 bits per heavy atom. The van der Waals surface area contributed by atoms with E-state index in [1.54, 1.807) is 13.2 Å². The Hall–Kier alpha value is -1.66. The van der Waals surface area contributed by atoms with Gasteiger partial charge < -0.3 is 5.32 Å². The van der Waals surface area contributed by atoms with Crippen LogP contribution in [-0.2, 0) is 7.05 Å². The zero-order chi connectivity index (χ0) is 12.4. The van der Waals surface area contributed by atoms with Gasteiger partial charge in [-0.2, -0.15) is 5.10 Å². The molecule has 17 heavy (non-hydrogen) atoms. The lowest BCUT2D eigenvalue weighted by Gasteiger charge is -2.02. The lowest BCUT2D eigenvalue weighted by Crippen LogP contribution is -2.12. The molecule has 88 valence electrons. The predicted octanol–water partition coefficient (Wildman–Crippen LogP) is 1.77. The molecule has 0 aliphatic heterocycles. The van der Waals surface area contributed by atoms with Gasteiger partial charge in [-0.05, 0) is 11.6 Å². The molecule has 0 saturated heterocycles. The third-order valence-electron chi connectivity index (χ3n) is 1.88. The fraction of sp³-hybridized carbons (Fsp3) is 0.111. The molecule has 0 aliphatic rings. The van der Waals surface area contributed by atoms with E-state index in [0.717, 1.165) is 0 Å². The van der Waals surface area contributed by atoms with Gasteiger partial charge in [0, 0.05) is 19.3 Å². The highest BCUT2D eigenvalue weighted by molar-refractivity contribution is 6.32. The van der Waals surface area contributed by atoms with E-state index in [2.05, 4.69) is 20.4 Å². The summed E-state index contributed by atoms with van der Waals surface area (Å²) >= 11 is 11.3. The van der Waals surface area contributed by atoms with Crippen LogP contribution in [0, 0.1) is 0 Å². The van der Waals surface area contributed by atoms with Gasteiger partial charge in [-0.15, -0.1) is 0 Å². The zero-order valence-corrected chi connectivity index (χ0v) is 10.2. The van der Waals surface area contributed by atoms with Crippen LogP contribution in [0.2, 0.25) is 10.4 Å². The first-order valence-corrected chi connectivity index (χ1v) is 5.30.